The van der Waals surface area contributed by atoms with Gasteiger partial charge in [0.25, 0.3) is 5.56 Å². The first kappa shape index (κ1) is 18.1. The number of aryl methyl sites for hydroxylation is 5. The number of hydrogen-bond acceptors (Lipinski definition) is 4. The van der Waals surface area contributed by atoms with Gasteiger partial charge >= 0.3 is 0 Å². The Morgan fingerprint density at radius 1 is 1.19 bits per heavy atom. The van der Waals surface area contributed by atoms with Crippen molar-refractivity contribution in [1.29, 1.82) is 0 Å². The number of aromatic nitrogens is 2. The highest BCUT2D eigenvalue weighted by molar-refractivity contribution is 7.18. The zero-order chi connectivity index (χ0) is 19.1. The molecule has 0 aliphatic heterocycles. The minimum Gasteiger partial charge on any atom is -0.292 e. The second-order valence-corrected chi connectivity index (χ2v) is 8.47. The van der Waals surface area contributed by atoms with Crippen molar-refractivity contribution in [1.82, 2.24) is 9.55 Å². The van der Waals surface area contributed by atoms with Crippen LogP contribution >= 0.6 is 11.3 Å². The van der Waals surface area contributed by atoms with Crippen molar-refractivity contribution in [2.45, 2.75) is 59.4 Å². The Bertz CT molecular complexity index is 1110. The van der Waals surface area contributed by atoms with Crippen molar-refractivity contribution in [2.24, 2.45) is 0 Å². The third-order valence-electron chi connectivity index (χ3n) is 5.60. The van der Waals surface area contributed by atoms with Crippen LogP contribution in [0.2, 0.25) is 0 Å². The van der Waals surface area contributed by atoms with E-state index in [4.69, 9.17) is 4.98 Å². The van der Waals surface area contributed by atoms with Gasteiger partial charge in [-0.05, 0) is 62.3 Å². The molecule has 27 heavy (non-hydrogen) atoms. The maximum atomic E-state index is 13.3. The Morgan fingerprint density at radius 2 is 1.96 bits per heavy atom. The van der Waals surface area contributed by atoms with E-state index in [0.717, 1.165) is 40.6 Å². The van der Waals surface area contributed by atoms with Crippen LogP contribution in [0.5, 0.6) is 0 Å². The van der Waals surface area contributed by atoms with Crippen LogP contribution in [0.15, 0.2) is 23.0 Å². The number of carbonyl (C=O) groups excluding carboxylic acids is 1. The number of nitrogens with zero attached hydrogens (tertiary/aromatic N) is 2. The van der Waals surface area contributed by atoms with Crippen LogP contribution in [-0.2, 0) is 25.8 Å². The third kappa shape index (κ3) is 3.14. The number of carbonyl (C=O) groups is 1. The van der Waals surface area contributed by atoms with Crippen LogP contribution in [0.25, 0.3) is 10.2 Å². The minimum absolute atomic E-state index is 0.0415. The molecule has 3 aromatic rings. The van der Waals surface area contributed by atoms with Gasteiger partial charge in [-0.1, -0.05) is 19.1 Å². The van der Waals surface area contributed by atoms with Crippen LogP contribution in [0.4, 0.5) is 0 Å². The summed E-state index contributed by atoms with van der Waals surface area (Å²) in [6, 6.07) is 5.72. The molecule has 1 aromatic carbocycles. The summed E-state index contributed by atoms with van der Waals surface area (Å²) in [5.41, 5.74) is 4.03. The fourth-order valence-corrected chi connectivity index (χ4v) is 5.13. The van der Waals surface area contributed by atoms with Crippen molar-refractivity contribution in [2.75, 3.05) is 0 Å². The fourth-order valence-electron chi connectivity index (χ4n) is 3.86. The van der Waals surface area contributed by atoms with Gasteiger partial charge in [0.1, 0.15) is 10.7 Å². The first-order valence-corrected chi connectivity index (χ1v) is 10.5. The lowest BCUT2D eigenvalue weighted by molar-refractivity contribution is 0.0969. The van der Waals surface area contributed by atoms with Crippen molar-refractivity contribution in [3.05, 3.63) is 61.5 Å². The molecule has 140 valence electrons. The molecule has 0 fully saturated rings. The van der Waals surface area contributed by atoms with Gasteiger partial charge in [0, 0.05) is 16.9 Å². The van der Waals surface area contributed by atoms with E-state index in [1.165, 1.54) is 16.9 Å². The van der Waals surface area contributed by atoms with Gasteiger partial charge in [0.05, 0.1) is 11.9 Å². The molecule has 0 atom stereocenters. The Kier molecular flexibility index (Phi) is 4.72. The molecule has 5 heteroatoms. The van der Waals surface area contributed by atoms with Gasteiger partial charge in [-0.2, -0.15) is 0 Å². The molecule has 4 nitrogen and oxygen atoms in total. The highest BCUT2D eigenvalue weighted by atomic mass is 32.1. The quantitative estimate of drug-likeness (QED) is 0.631. The van der Waals surface area contributed by atoms with Gasteiger partial charge in [-0.25, -0.2) is 4.98 Å². The number of benzene rings is 1. The van der Waals surface area contributed by atoms with E-state index in [1.807, 2.05) is 39.0 Å². The van der Waals surface area contributed by atoms with Crippen LogP contribution in [0.3, 0.4) is 0 Å². The molecule has 1 aliphatic carbocycles. The summed E-state index contributed by atoms with van der Waals surface area (Å²) in [5, 5.41) is 0.750. The molecule has 1 aliphatic rings. The van der Waals surface area contributed by atoms with Crippen molar-refractivity contribution in [3.8, 4) is 0 Å². The molecule has 4 rings (SSSR count). The number of Topliss-reactive ketones (excluding diaryl/α,β-unsaturated/α-hetero) is 1. The second kappa shape index (κ2) is 7.04. The topological polar surface area (TPSA) is 52.0 Å². The van der Waals surface area contributed by atoms with Crippen molar-refractivity contribution >= 4 is 27.3 Å². The Morgan fingerprint density at radius 3 is 2.70 bits per heavy atom. The fraction of sp³-hybridized carbons (Fsp3) is 0.409. The Labute approximate surface area is 162 Å². The summed E-state index contributed by atoms with van der Waals surface area (Å²) in [6.45, 7) is 6.07. The second-order valence-electron chi connectivity index (χ2n) is 7.39. The van der Waals surface area contributed by atoms with Crippen LogP contribution < -0.4 is 5.56 Å². The lowest BCUT2D eigenvalue weighted by atomic mass is 9.97. The number of hydrogen-bond donors (Lipinski definition) is 0. The summed E-state index contributed by atoms with van der Waals surface area (Å²) in [6.07, 6.45) is 4.92. The first-order valence-electron chi connectivity index (χ1n) is 9.64. The smallest absolute Gasteiger partial charge is 0.262 e. The maximum Gasteiger partial charge on any atom is 0.262 e. The van der Waals surface area contributed by atoms with Crippen LogP contribution in [0, 0.1) is 13.8 Å². The normalized spacial score (nSPS) is 13.7. The summed E-state index contributed by atoms with van der Waals surface area (Å²) in [4.78, 5) is 33.1. The molecular weight excluding hydrogens is 356 g/mol. The highest BCUT2D eigenvalue weighted by Gasteiger charge is 2.22. The Balaban J connectivity index is 1.80. The number of rotatable bonds is 4. The molecule has 0 unspecified atom stereocenters. The summed E-state index contributed by atoms with van der Waals surface area (Å²) >= 11 is 1.66. The molecule has 0 amide bonds. The van der Waals surface area contributed by atoms with E-state index in [2.05, 4.69) is 0 Å². The molecular formula is C22H24N2O2S. The van der Waals surface area contributed by atoms with E-state index >= 15 is 0 Å². The maximum absolute atomic E-state index is 13.3. The van der Waals surface area contributed by atoms with Gasteiger partial charge in [0.2, 0.25) is 0 Å². The highest BCUT2D eigenvalue weighted by Crippen LogP contribution is 2.33. The van der Waals surface area contributed by atoms with Gasteiger partial charge in [0.15, 0.2) is 5.78 Å². The molecule has 0 spiro atoms. The average molecular weight is 381 g/mol. The van der Waals surface area contributed by atoms with Crippen molar-refractivity contribution < 1.29 is 4.79 Å². The summed E-state index contributed by atoms with van der Waals surface area (Å²) < 4.78 is 1.60. The van der Waals surface area contributed by atoms with E-state index in [1.54, 1.807) is 15.9 Å². The predicted octanol–water partition coefficient (Wildman–Crippen LogP) is 4.40. The predicted molar refractivity (Wildman–Crippen MR) is 110 cm³/mol. The first-order chi connectivity index (χ1) is 13.0. The zero-order valence-electron chi connectivity index (χ0n) is 16.1. The number of ketones is 1. The zero-order valence-corrected chi connectivity index (χ0v) is 16.9. The van der Waals surface area contributed by atoms with Crippen molar-refractivity contribution in [3.63, 3.8) is 0 Å². The summed E-state index contributed by atoms with van der Waals surface area (Å²) in [7, 11) is 0. The largest absolute Gasteiger partial charge is 0.292 e. The molecule has 2 heterocycles. The van der Waals surface area contributed by atoms with E-state index in [0.29, 0.717) is 17.8 Å². The molecule has 0 radical (unpaired) electrons. The van der Waals surface area contributed by atoms with E-state index in [9.17, 15) is 9.59 Å². The Hall–Kier alpha value is -2.27. The van der Waals surface area contributed by atoms with E-state index < -0.39 is 0 Å². The summed E-state index contributed by atoms with van der Waals surface area (Å²) in [5.74, 6) is 0.656. The molecule has 0 bridgehead atoms. The minimum atomic E-state index is -0.0477. The number of thiophene rings is 1. The van der Waals surface area contributed by atoms with Crippen LogP contribution in [-0.4, -0.2) is 15.3 Å². The lowest BCUT2D eigenvalue weighted by Gasteiger charge is -2.13. The van der Waals surface area contributed by atoms with E-state index in [-0.39, 0.29) is 17.9 Å². The molecule has 2 aromatic heterocycles. The number of fused-ring (bicyclic) bond motifs is 3. The third-order valence-corrected chi connectivity index (χ3v) is 6.79. The van der Waals surface area contributed by atoms with Crippen LogP contribution in [0.1, 0.15) is 57.5 Å². The standard InChI is InChI=1S/C22H24N2O2S/c1-4-19-23-21-20(16-7-5-6-8-18(16)27-21)22(26)24(19)12-17(25)15-10-9-13(2)14(3)11-15/h9-11H,4-8,12H2,1-3H3. The lowest BCUT2D eigenvalue weighted by Crippen LogP contribution is -2.29. The van der Waals surface area contributed by atoms with Gasteiger partial charge < -0.3 is 0 Å². The average Bonchev–Trinajstić information content (AvgIpc) is 3.04. The van der Waals surface area contributed by atoms with Gasteiger partial charge in [-0.15, -0.1) is 11.3 Å². The molecule has 0 N–H and O–H groups in total. The molecule has 0 saturated heterocycles. The monoisotopic (exact) mass is 380 g/mol. The SMILES string of the molecule is CCc1nc2sc3c(c2c(=O)n1CC(=O)c1ccc(C)c(C)c1)CCCC3. The van der Waals surface area contributed by atoms with Gasteiger partial charge in [-0.3, -0.25) is 14.2 Å². The molecule has 0 saturated carbocycles.